The first-order valence-corrected chi connectivity index (χ1v) is 6.57. The highest BCUT2D eigenvalue weighted by Gasteiger charge is 2.35. The van der Waals surface area contributed by atoms with Gasteiger partial charge in [-0.3, -0.25) is 4.79 Å². The Morgan fingerprint density at radius 3 is 2.45 bits per heavy atom. The van der Waals surface area contributed by atoms with Gasteiger partial charge >= 0.3 is 12.1 Å². The van der Waals surface area contributed by atoms with E-state index in [9.17, 15) is 27.2 Å². The third kappa shape index (κ3) is 4.71. The lowest BCUT2D eigenvalue weighted by Crippen LogP contribution is -2.40. The molecule has 1 amide bonds. The molecule has 22 heavy (non-hydrogen) atoms. The van der Waals surface area contributed by atoms with Crippen molar-refractivity contribution in [1.29, 1.82) is 0 Å². The van der Waals surface area contributed by atoms with Crippen molar-refractivity contribution in [2.45, 2.75) is 38.4 Å². The average molecular weight is 321 g/mol. The number of unbranched alkanes of at least 4 members (excludes halogenated alkanes) is 1. The summed E-state index contributed by atoms with van der Waals surface area (Å²) in [6, 6.07) is 0.563. The van der Waals surface area contributed by atoms with Gasteiger partial charge in [0.1, 0.15) is 11.9 Å². The van der Waals surface area contributed by atoms with Crippen molar-refractivity contribution in [3.05, 3.63) is 35.1 Å². The molecule has 0 saturated heterocycles. The minimum atomic E-state index is -4.94. The van der Waals surface area contributed by atoms with Crippen LogP contribution in [0.3, 0.4) is 0 Å². The van der Waals surface area contributed by atoms with Crippen LogP contribution < -0.4 is 5.32 Å². The first-order chi connectivity index (χ1) is 10.2. The number of amides is 1. The topological polar surface area (TPSA) is 66.4 Å². The second kappa shape index (κ2) is 7.24. The van der Waals surface area contributed by atoms with Crippen molar-refractivity contribution in [3.63, 3.8) is 0 Å². The molecule has 0 aliphatic carbocycles. The summed E-state index contributed by atoms with van der Waals surface area (Å²) >= 11 is 0. The van der Waals surface area contributed by atoms with Crippen LogP contribution in [0.1, 0.15) is 42.1 Å². The van der Waals surface area contributed by atoms with E-state index in [1.165, 1.54) is 0 Å². The van der Waals surface area contributed by atoms with Gasteiger partial charge in [0.2, 0.25) is 0 Å². The van der Waals surface area contributed by atoms with E-state index in [1.54, 1.807) is 0 Å². The van der Waals surface area contributed by atoms with Crippen LogP contribution in [-0.2, 0) is 11.0 Å². The number of carbonyl (C=O) groups excluding carboxylic acids is 1. The number of benzene rings is 1. The van der Waals surface area contributed by atoms with Gasteiger partial charge in [-0.1, -0.05) is 19.8 Å². The summed E-state index contributed by atoms with van der Waals surface area (Å²) in [6.07, 6.45) is -3.54. The number of hydrogen-bond acceptors (Lipinski definition) is 2. The van der Waals surface area contributed by atoms with Gasteiger partial charge < -0.3 is 10.4 Å². The van der Waals surface area contributed by atoms with E-state index in [0.717, 1.165) is 6.07 Å². The Labute approximate surface area is 124 Å². The zero-order valence-corrected chi connectivity index (χ0v) is 11.7. The average Bonchev–Trinajstić information content (AvgIpc) is 2.42. The monoisotopic (exact) mass is 321 g/mol. The molecule has 1 aromatic rings. The number of rotatable bonds is 6. The van der Waals surface area contributed by atoms with Gasteiger partial charge in [0.05, 0.1) is 5.56 Å². The highest BCUT2D eigenvalue weighted by molar-refractivity contribution is 5.96. The van der Waals surface area contributed by atoms with Gasteiger partial charge in [0.15, 0.2) is 0 Å². The number of halogens is 4. The summed E-state index contributed by atoms with van der Waals surface area (Å²) in [6.45, 7) is 1.83. The molecular formula is C14H15F4NO3. The van der Waals surface area contributed by atoms with Gasteiger partial charge in [0.25, 0.3) is 5.91 Å². The molecule has 1 rings (SSSR count). The molecule has 0 saturated carbocycles. The van der Waals surface area contributed by atoms with Gasteiger partial charge in [-0.05, 0) is 24.6 Å². The Morgan fingerprint density at radius 2 is 1.95 bits per heavy atom. The minimum Gasteiger partial charge on any atom is -0.480 e. The summed E-state index contributed by atoms with van der Waals surface area (Å²) in [7, 11) is 0. The normalized spacial score (nSPS) is 12.8. The van der Waals surface area contributed by atoms with Gasteiger partial charge in [-0.15, -0.1) is 0 Å². The fourth-order valence-electron chi connectivity index (χ4n) is 1.79. The van der Waals surface area contributed by atoms with Gasteiger partial charge in [0, 0.05) is 5.56 Å². The van der Waals surface area contributed by atoms with Crippen molar-refractivity contribution in [2.24, 2.45) is 0 Å². The van der Waals surface area contributed by atoms with E-state index in [0.29, 0.717) is 25.0 Å². The molecule has 1 atom stereocenters. The molecule has 0 fully saturated rings. The molecule has 0 unspecified atom stereocenters. The third-order valence-electron chi connectivity index (χ3n) is 2.98. The third-order valence-corrected chi connectivity index (χ3v) is 2.98. The van der Waals surface area contributed by atoms with Crippen LogP contribution in [0.5, 0.6) is 0 Å². The Kier molecular flexibility index (Phi) is 5.90. The maximum atomic E-state index is 13.1. The van der Waals surface area contributed by atoms with Crippen molar-refractivity contribution in [1.82, 2.24) is 5.32 Å². The molecule has 4 nitrogen and oxygen atoms in total. The zero-order valence-electron chi connectivity index (χ0n) is 11.7. The number of carboxylic acid groups (broad SMARTS) is 1. The predicted molar refractivity (Wildman–Crippen MR) is 69.8 cm³/mol. The second-order valence-electron chi connectivity index (χ2n) is 4.70. The standard InChI is InChI=1S/C14H15F4NO3/c1-2-3-4-11(13(21)22)19-12(20)8-5-6-10(15)9(7-8)14(16,17)18/h5-7,11H,2-4H2,1H3,(H,19,20)(H,21,22)/t11-/m0/s1. The van der Waals surface area contributed by atoms with Crippen LogP contribution in [0.4, 0.5) is 17.6 Å². The highest BCUT2D eigenvalue weighted by Crippen LogP contribution is 2.31. The fraction of sp³-hybridized carbons (Fsp3) is 0.429. The Bertz CT molecular complexity index is 558. The smallest absolute Gasteiger partial charge is 0.419 e. The van der Waals surface area contributed by atoms with Crippen LogP contribution in [-0.4, -0.2) is 23.0 Å². The van der Waals surface area contributed by atoms with E-state index in [2.05, 4.69) is 5.32 Å². The summed E-state index contributed by atoms with van der Waals surface area (Å²) in [5.74, 6) is -3.77. The van der Waals surface area contributed by atoms with Crippen LogP contribution in [0, 0.1) is 5.82 Å². The van der Waals surface area contributed by atoms with Crippen LogP contribution in [0.25, 0.3) is 0 Å². The lowest BCUT2D eigenvalue weighted by molar-refractivity contribution is -0.140. The second-order valence-corrected chi connectivity index (χ2v) is 4.70. The zero-order chi connectivity index (χ0) is 16.9. The van der Waals surface area contributed by atoms with Gasteiger partial charge in [-0.2, -0.15) is 13.2 Å². The predicted octanol–water partition coefficient (Wildman–Crippen LogP) is 3.22. The molecule has 0 spiro atoms. The molecule has 8 heteroatoms. The number of carboxylic acids is 1. The fourth-order valence-corrected chi connectivity index (χ4v) is 1.79. The van der Waals surface area contributed by atoms with Crippen molar-refractivity contribution in [3.8, 4) is 0 Å². The molecule has 1 aromatic carbocycles. The number of alkyl halides is 3. The van der Waals surface area contributed by atoms with Crippen molar-refractivity contribution < 1.29 is 32.3 Å². The molecular weight excluding hydrogens is 306 g/mol. The minimum absolute atomic E-state index is 0.158. The van der Waals surface area contributed by atoms with E-state index in [1.807, 2.05) is 6.92 Å². The van der Waals surface area contributed by atoms with Crippen LogP contribution in [0.2, 0.25) is 0 Å². The van der Waals surface area contributed by atoms with E-state index < -0.39 is 41.0 Å². The molecule has 0 aliphatic heterocycles. The first-order valence-electron chi connectivity index (χ1n) is 6.57. The molecule has 2 N–H and O–H groups in total. The summed E-state index contributed by atoms with van der Waals surface area (Å²) in [5, 5.41) is 11.1. The molecule has 0 bridgehead atoms. The lowest BCUT2D eigenvalue weighted by Gasteiger charge is -2.15. The molecule has 122 valence electrons. The Morgan fingerprint density at radius 1 is 1.32 bits per heavy atom. The summed E-state index contributed by atoms with van der Waals surface area (Å²) in [5.41, 5.74) is -2.02. The van der Waals surface area contributed by atoms with E-state index in [-0.39, 0.29) is 6.42 Å². The van der Waals surface area contributed by atoms with E-state index >= 15 is 0 Å². The quantitative estimate of drug-likeness (QED) is 0.791. The maximum absolute atomic E-state index is 13.1. The Balaban J connectivity index is 2.95. The lowest BCUT2D eigenvalue weighted by atomic mass is 10.1. The number of carbonyl (C=O) groups is 2. The molecule has 0 radical (unpaired) electrons. The molecule has 0 aliphatic rings. The maximum Gasteiger partial charge on any atom is 0.419 e. The highest BCUT2D eigenvalue weighted by atomic mass is 19.4. The number of nitrogens with one attached hydrogen (secondary N) is 1. The van der Waals surface area contributed by atoms with E-state index in [4.69, 9.17) is 5.11 Å². The number of hydrogen-bond donors (Lipinski definition) is 2. The van der Waals surface area contributed by atoms with Crippen LogP contribution >= 0.6 is 0 Å². The van der Waals surface area contributed by atoms with Crippen LogP contribution in [0.15, 0.2) is 18.2 Å². The molecule has 0 heterocycles. The SMILES string of the molecule is CCCC[C@H](NC(=O)c1ccc(F)c(C(F)(F)F)c1)C(=O)O. The Hall–Kier alpha value is -2.12. The van der Waals surface area contributed by atoms with Gasteiger partial charge in [-0.25, -0.2) is 9.18 Å². The molecule has 0 aromatic heterocycles. The van der Waals surface area contributed by atoms with Crippen molar-refractivity contribution in [2.75, 3.05) is 0 Å². The largest absolute Gasteiger partial charge is 0.480 e. The summed E-state index contributed by atoms with van der Waals surface area (Å²) in [4.78, 5) is 22.8. The first kappa shape index (κ1) is 17.9. The van der Waals surface area contributed by atoms with Crippen molar-refractivity contribution >= 4 is 11.9 Å². The summed E-state index contributed by atoms with van der Waals surface area (Å²) < 4.78 is 50.9. The number of aliphatic carboxylic acids is 1.